The third-order valence-corrected chi connectivity index (χ3v) is 8.43. The van der Waals surface area contributed by atoms with Crippen LogP contribution in [0.25, 0.3) is 33.8 Å². The molecule has 10 nitrogen and oxygen atoms in total. The summed E-state index contributed by atoms with van der Waals surface area (Å²) in [6, 6.07) is 15.9. The number of aromatic nitrogens is 6. The summed E-state index contributed by atoms with van der Waals surface area (Å²) in [7, 11) is 0. The van der Waals surface area contributed by atoms with Crippen molar-refractivity contribution in [3.63, 3.8) is 0 Å². The summed E-state index contributed by atoms with van der Waals surface area (Å²) in [5, 5.41) is 0. The smallest absolute Gasteiger partial charge is 0.292 e. The Kier molecular flexibility index (Phi) is 8.40. The first-order valence-electron chi connectivity index (χ1n) is 13.3. The van der Waals surface area contributed by atoms with Gasteiger partial charge in [0.2, 0.25) is 11.3 Å². The molecule has 0 bridgehead atoms. The molecule has 2 aromatic carbocycles. The van der Waals surface area contributed by atoms with Crippen molar-refractivity contribution < 1.29 is 0 Å². The number of hydrogen-bond acceptors (Lipinski definition) is 6. The largest absolute Gasteiger partial charge is 0.317 e. The van der Waals surface area contributed by atoms with E-state index in [0.717, 1.165) is 57.9 Å². The van der Waals surface area contributed by atoms with Crippen LogP contribution in [0.5, 0.6) is 0 Å². The van der Waals surface area contributed by atoms with E-state index in [1.54, 1.807) is 24.8 Å². The van der Waals surface area contributed by atoms with Crippen LogP contribution in [0.4, 0.5) is 0 Å². The Morgan fingerprint density at radius 1 is 0.674 bits per heavy atom. The van der Waals surface area contributed by atoms with E-state index in [1.807, 2.05) is 57.3 Å². The monoisotopic (exact) mass is 640 g/mol. The number of rotatable bonds is 2. The van der Waals surface area contributed by atoms with Crippen LogP contribution in [0.1, 0.15) is 49.2 Å². The molecule has 4 heterocycles. The maximum Gasteiger partial charge on any atom is 0.292 e. The molecule has 0 saturated carbocycles. The molecule has 0 saturated heterocycles. The zero-order valence-electron chi connectivity index (χ0n) is 23.3. The van der Waals surface area contributed by atoms with Crippen LogP contribution in [0.2, 0.25) is 0 Å². The fourth-order valence-corrected chi connectivity index (χ4v) is 6.42. The molecule has 4 aromatic heterocycles. The number of halogens is 3. The van der Waals surface area contributed by atoms with Crippen LogP contribution >= 0.6 is 37.2 Å². The zero-order valence-corrected chi connectivity index (χ0v) is 25.8. The zero-order chi connectivity index (χ0) is 27.8. The minimum Gasteiger partial charge on any atom is -0.317 e. The number of imidazole rings is 2. The maximum absolute atomic E-state index is 12.1. The number of hydrogen-bond donors (Lipinski definition) is 4. The minimum atomic E-state index is -0.602. The van der Waals surface area contributed by atoms with E-state index in [0.29, 0.717) is 11.3 Å². The molecule has 0 aliphatic heterocycles. The topological polar surface area (TPSA) is 152 Å². The Morgan fingerprint density at radius 2 is 1.05 bits per heavy atom. The number of fused-ring (bicyclic) bond motifs is 10. The molecule has 2 aliphatic rings. The first kappa shape index (κ1) is 32.0. The number of benzene rings is 2. The van der Waals surface area contributed by atoms with E-state index in [9.17, 15) is 9.59 Å². The minimum absolute atomic E-state index is 0. The lowest BCUT2D eigenvalue weighted by Gasteiger charge is -2.25. The summed E-state index contributed by atoms with van der Waals surface area (Å²) in [6.07, 6.45) is 8.35. The molecule has 0 spiro atoms. The molecule has 6 N–H and O–H groups in total. The van der Waals surface area contributed by atoms with Gasteiger partial charge in [-0.05, 0) is 24.0 Å². The van der Waals surface area contributed by atoms with Gasteiger partial charge >= 0.3 is 0 Å². The van der Waals surface area contributed by atoms with Crippen LogP contribution in [0, 0.1) is 0 Å². The summed E-state index contributed by atoms with van der Waals surface area (Å²) in [5.74, 6) is 0. The van der Waals surface area contributed by atoms with E-state index in [1.165, 1.54) is 0 Å². The molecule has 0 radical (unpaired) electrons. The van der Waals surface area contributed by atoms with Gasteiger partial charge < -0.3 is 21.4 Å². The van der Waals surface area contributed by atoms with Gasteiger partial charge in [-0.15, -0.1) is 37.2 Å². The van der Waals surface area contributed by atoms with Crippen LogP contribution in [-0.4, -0.2) is 28.7 Å². The molecule has 224 valence electrons. The van der Waals surface area contributed by atoms with Gasteiger partial charge in [0.05, 0.1) is 33.9 Å². The molecule has 6 aromatic rings. The Morgan fingerprint density at radius 3 is 1.42 bits per heavy atom. The molecular weight excluding hydrogens is 611 g/mol. The van der Waals surface area contributed by atoms with E-state index in [4.69, 9.17) is 11.5 Å². The molecule has 43 heavy (non-hydrogen) atoms. The molecule has 8 rings (SSSR count). The standard InChI is InChI=1S/2C15H14N4O.3ClH/c2*1-2-15(16)10-6-4-3-5-9(10)11-12(15)19-8-7-17-13(19)14(20)18-11;;;/h2*3-8H,2,16H2,1H3,(H,18,20);3*1H. The fraction of sp³-hybridized carbons (Fsp3) is 0.200. The van der Waals surface area contributed by atoms with E-state index in [-0.39, 0.29) is 48.3 Å². The van der Waals surface area contributed by atoms with Gasteiger partial charge in [-0.3, -0.25) is 18.4 Å². The number of aromatic amines is 2. The highest BCUT2D eigenvalue weighted by Gasteiger charge is 2.42. The summed E-state index contributed by atoms with van der Waals surface area (Å²) in [4.78, 5) is 38.4. The quantitative estimate of drug-likeness (QED) is 0.219. The highest BCUT2D eigenvalue weighted by molar-refractivity contribution is 5.86. The van der Waals surface area contributed by atoms with Gasteiger partial charge in [0.25, 0.3) is 11.1 Å². The van der Waals surface area contributed by atoms with Gasteiger partial charge in [0, 0.05) is 35.9 Å². The molecule has 0 amide bonds. The van der Waals surface area contributed by atoms with Crippen molar-refractivity contribution in [3.05, 3.63) is 117 Å². The lowest BCUT2D eigenvalue weighted by Crippen LogP contribution is -2.37. The predicted octanol–water partition coefficient (Wildman–Crippen LogP) is 4.50. The second-order valence-corrected chi connectivity index (χ2v) is 10.3. The summed E-state index contributed by atoms with van der Waals surface area (Å²) < 4.78 is 3.63. The average molecular weight is 642 g/mol. The average Bonchev–Trinajstić information content (AvgIpc) is 3.75. The van der Waals surface area contributed by atoms with Crippen LogP contribution in [-0.2, 0) is 11.1 Å². The highest BCUT2D eigenvalue weighted by Crippen LogP contribution is 2.47. The highest BCUT2D eigenvalue weighted by atomic mass is 35.5. The van der Waals surface area contributed by atoms with Gasteiger partial charge in [0.15, 0.2) is 0 Å². The van der Waals surface area contributed by atoms with Gasteiger partial charge in [-0.1, -0.05) is 62.4 Å². The molecular formula is C30H31Cl3N8O2. The summed E-state index contributed by atoms with van der Waals surface area (Å²) in [6.45, 7) is 4.11. The van der Waals surface area contributed by atoms with Crippen molar-refractivity contribution in [2.24, 2.45) is 11.5 Å². The Balaban J connectivity index is 0.000000184. The number of H-pyrrole nitrogens is 2. The number of nitrogens with zero attached hydrogens (tertiary/aromatic N) is 4. The van der Waals surface area contributed by atoms with Crippen molar-refractivity contribution >= 4 is 48.5 Å². The van der Waals surface area contributed by atoms with Gasteiger partial charge in [0.1, 0.15) is 0 Å². The van der Waals surface area contributed by atoms with Crippen molar-refractivity contribution in [2.75, 3.05) is 0 Å². The lowest BCUT2D eigenvalue weighted by molar-refractivity contribution is 0.510. The van der Waals surface area contributed by atoms with Crippen LogP contribution in [0.3, 0.4) is 0 Å². The van der Waals surface area contributed by atoms with Crippen LogP contribution < -0.4 is 22.6 Å². The predicted molar refractivity (Wildman–Crippen MR) is 175 cm³/mol. The molecule has 13 heteroatoms. The van der Waals surface area contributed by atoms with Crippen molar-refractivity contribution in [2.45, 2.75) is 37.8 Å². The van der Waals surface area contributed by atoms with Gasteiger partial charge in [-0.25, -0.2) is 9.97 Å². The molecule has 2 aliphatic carbocycles. The van der Waals surface area contributed by atoms with Gasteiger partial charge in [-0.2, -0.15) is 0 Å². The van der Waals surface area contributed by atoms with Crippen molar-refractivity contribution in [1.29, 1.82) is 0 Å². The number of nitrogens with two attached hydrogens (primary N) is 2. The summed E-state index contributed by atoms with van der Waals surface area (Å²) in [5.41, 5.74) is 20.1. The molecule has 0 fully saturated rings. The maximum atomic E-state index is 12.1. The Labute approximate surface area is 264 Å². The second kappa shape index (κ2) is 11.3. The molecule has 2 atom stereocenters. The lowest BCUT2D eigenvalue weighted by atomic mass is 9.89. The first-order valence-corrected chi connectivity index (χ1v) is 13.3. The Bertz CT molecular complexity index is 1950. The summed E-state index contributed by atoms with van der Waals surface area (Å²) >= 11 is 0. The van der Waals surface area contributed by atoms with E-state index >= 15 is 0 Å². The Hall–Kier alpha value is -3.93. The number of nitrogens with one attached hydrogen (secondary N) is 2. The van der Waals surface area contributed by atoms with Crippen molar-refractivity contribution in [1.82, 2.24) is 28.7 Å². The SMILES string of the molecule is CCC1(N)c2ccccc2-c2[nH]c(=O)c3nccn3c21.CCC1(N)c2ccccc2-c2[nH]c(=O)c3nccn3c21.Cl.Cl.Cl. The first-order chi connectivity index (χ1) is 19.3. The fourth-order valence-electron chi connectivity index (χ4n) is 6.42. The van der Waals surface area contributed by atoms with Crippen molar-refractivity contribution in [3.8, 4) is 22.5 Å². The second-order valence-electron chi connectivity index (χ2n) is 10.3. The van der Waals surface area contributed by atoms with E-state index in [2.05, 4.69) is 33.8 Å². The van der Waals surface area contributed by atoms with Crippen LogP contribution in [0.15, 0.2) is 82.9 Å². The normalized spacial score (nSPS) is 18.7. The third kappa shape index (κ3) is 4.24. The molecule has 2 unspecified atom stereocenters. The van der Waals surface area contributed by atoms with E-state index < -0.39 is 11.1 Å². The third-order valence-electron chi connectivity index (χ3n) is 8.43.